The number of benzene rings is 1. The first-order chi connectivity index (χ1) is 8.33. The lowest BCUT2D eigenvalue weighted by molar-refractivity contribution is 0.436. The van der Waals surface area contributed by atoms with Crippen molar-refractivity contribution < 1.29 is 4.52 Å². The van der Waals surface area contributed by atoms with Crippen LogP contribution >= 0.6 is 0 Å². The molecule has 0 amide bonds. The van der Waals surface area contributed by atoms with Crippen LogP contribution in [-0.4, -0.2) is 20.2 Å². The molecule has 0 saturated heterocycles. The third kappa shape index (κ3) is 1.76. The number of nitrogen functional groups attached to an aromatic ring is 1. The van der Waals surface area contributed by atoms with Gasteiger partial charge in [-0.05, 0) is 12.1 Å². The summed E-state index contributed by atoms with van der Waals surface area (Å²) in [7, 11) is 0. The average molecular weight is 227 g/mol. The van der Waals surface area contributed by atoms with Crippen LogP contribution in [0.5, 0.6) is 0 Å². The summed E-state index contributed by atoms with van der Waals surface area (Å²) in [5.41, 5.74) is 7.31. The third-order valence-electron chi connectivity index (χ3n) is 2.35. The van der Waals surface area contributed by atoms with Crippen molar-refractivity contribution >= 4 is 5.82 Å². The predicted molar refractivity (Wildman–Crippen MR) is 61.3 cm³/mol. The lowest BCUT2D eigenvalue weighted by Crippen LogP contribution is -1.94. The van der Waals surface area contributed by atoms with E-state index in [1.54, 1.807) is 23.1 Å². The topological polar surface area (TPSA) is 82.8 Å². The Morgan fingerprint density at radius 3 is 2.88 bits per heavy atom. The molecule has 0 aliphatic rings. The lowest BCUT2D eigenvalue weighted by atomic mass is 10.1. The molecule has 0 bridgehead atoms. The van der Waals surface area contributed by atoms with E-state index in [4.69, 9.17) is 10.3 Å². The molecule has 6 heteroatoms. The molecule has 0 aliphatic heterocycles. The Morgan fingerprint density at radius 1 is 1.24 bits per heavy atom. The van der Waals surface area contributed by atoms with E-state index < -0.39 is 0 Å². The summed E-state index contributed by atoms with van der Waals surface area (Å²) in [6, 6.07) is 9.36. The maximum absolute atomic E-state index is 5.52. The van der Waals surface area contributed by atoms with Crippen LogP contribution in [0.2, 0.25) is 0 Å². The fourth-order valence-corrected chi connectivity index (χ4v) is 1.57. The Morgan fingerprint density at radius 2 is 2.18 bits per heavy atom. The van der Waals surface area contributed by atoms with Gasteiger partial charge in [-0.25, -0.2) is 4.68 Å². The number of hydrogen-bond acceptors (Lipinski definition) is 5. The highest BCUT2D eigenvalue weighted by atomic mass is 16.5. The van der Waals surface area contributed by atoms with Gasteiger partial charge in [0.25, 0.3) is 0 Å². The Labute approximate surface area is 96.6 Å². The fourth-order valence-electron chi connectivity index (χ4n) is 1.57. The van der Waals surface area contributed by atoms with Gasteiger partial charge < -0.3 is 10.3 Å². The van der Waals surface area contributed by atoms with Crippen molar-refractivity contribution in [1.29, 1.82) is 0 Å². The van der Waals surface area contributed by atoms with Crippen molar-refractivity contribution in [3.05, 3.63) is 42.7 Å². The van der Waals surface area contributed by atoms with Crippen molar-refractivity contribution in [1.82, 2.24) is 20.2 Å². The second-order valence-corrected chi connectivity index (χ2v) is 3.51. The number of nitrogens with two attached hydrogens (primary N) is 1. The molecule has 0 atom stereocenters. The van der Waals surface area contributed by atoms with Crippen LogP contribution in [0.25, 0.3) is 17.0 Å². The zero-order valence-corrected chi connectivity index (χ0v) is 8.82. The highest BCUT2D eigenvalue weighted by molar-refractivity contribution is 5.62. The molecular formula is C11H9N5O. The van der Waals surface area contributed by atoms with Gasteiger partial charge in [-0.2, -0.15) is 0 Å². The molecule has 2 heterocycles. The molecule has 1 aromatic carbocycles. The van der Waals surface area contributed by atoms with E-state index in [-0.39, 0.29) is 0 Å². The molecule has 0 radical (unpaired) electrons. The maximum atomic E-state index is 5.52. The largest absolute Gasteiger partial charge is 0.381 e. The third-order valence-corrected chi connectivity index (χ3v) is 2.35. The average Bonchev–Trinajstić information content (AvgIpc) is 3.00. The van der Waals surface area contributed by atoms with Crippen LogP contribution in [0, 0.1) is 0 Å². The zero-order chi connectivity index (χ0) is 11.7. The smallest absolute Gasteiger partial charge is 0.169 e. The molecule has 0 fully saturated rings. The van der Waals surface area contributed by atoms with Gasteiger partial charge in [-0.15, -0.1) is 5.10 Å². The number of rotatable bonds is 2. The summed E-state index contributed by atoms with van der Waals surface area (Å²) in [6.45, 7) is 0. The van der Waals surface area contributed by atoms with Crippen LogP contribution in [0.3, 0.4) is 0 Å². The van der Waals surface area contributed by atoms with Gasteiger partial charge in [0.2, 0.25) is 0 Å². The molecule has 17 heavy (non-hydrogen) atoms. The van der Waals surface area contributed by atoms with Gasteiger partial charge in [0.15, 0.2) is 11.6 Å². The SMILES string of the molecule is Nc1cc(-c2cccc(-n3ccnn3)c2)on1. The molecular weight excluding hydrogens is 218 g/mol. The van der Waals surface area contributed by atoms with Crippen LogP contribution in [0.1, 0.15) is 0 Å². The first-order valence-electron chi connectivity index (χ1n) is 5.02. The van der Waals surface area contributed by atoms with Crippen LogP contribution in [-0.2, 0) is 0 Å². The van der Waals surface area contributed by atoms with E-state index in [0.717, 1.165) is 11.3 Å². The zero-order valence-electron chi connectivity index (χ0n) is 8.82. The maximum Gasteiger partial charge on any atom is 0.169 e. The molecule has 84 valence electrons. The number of hydrogen-bond donors (Lipinski definition) is 1. The second kappa shape index (κ2) is 3.75. The predicted octanol–water partition coefficient (Wildman–Crippen LogP) is 1.50. The minimum atomic E-state index is 0.367. The van der Waals surface area contributed by atoms with Crippen molar-refractivity contribution in [3.8, 4) is 17.0 Å². The second-order valence-electron chi connectivity index (χ2n) is 3.51. The van der Waals surface area contributed by atoms with Crippen molar-refractivity contribution in [2.24, 2.45) is 0 Å². The first-order valence-corrected chi connectivity index (χ1v) is 5.02. The van der Waals surface area contributed by atoms with Crippen molar-refractivity contribution in [2.75, 3.05) is 5.73 Å². The van der Waals surface area contributed by atoms with Gasteiger partial charge in [0.1, 0.15) is 0 Å². The quantitative estimate of drug-likeness (QED) is 0.717. The minimum Gasteiger partial charge on any atom is -0.381 e. The molecule has 3 rings (SSSR count). The molecule has 0 aliphatic carbocycles. The summed E-state index contributed by atoms with van der Waals surface area (Å²) in [5.74, 6) is 0.996. The van der Waals surface area contributed by atoms with E-state index in [1.165, 1.54) is 0 Å². The monoisotopic (exact) mass is 227 g/mol. The first kappa shape index (κ1) is 9.59. The summed E-state index contributed by atoms with van der Waals surface area (Å²) in [4.78, 5) is 0. The van der Waals surface area contributed by atoms with Crippen LogP contribution in [0.15, 0.2) is 47.2 Å². The normalized spacial score (nSPS) is 10.6. The number of aromatic nitrogens is 4. The molecule has 0 saturated carbocycles. The summed E-state index contributed by atoms with van der Waals surface area (Å²) in [5, 5.41) is 11.3. The lowest BCUT2D eigenvalue weighted by Gasteiger charge is -2.01. The van der Waals surface area contributed by atoms with E-state index >= 15 is 0 Å². The van der Waals surface area contributed by atoms with E-state index in [1.807, 2.05) is 24.3 Å². The minimum absolute atomic E-state index is 0.367. The molecule has 3 aromatic rings. The van der Waals surface area contributed by atoms with Gasteiger partial charge in [-0.3, -0.25) is 0 Å². The van der Waals surface area contributed by atoms with Gasteiger partial charge >= 0.3 is 0 Å². The van der Waals surface area contributed by atoms with Crippen LogP contribution in [0.4, 0.5) is 5.82 Å². The summed E-state index contributed by atoms with van der Waals surface area (Å²) in [6.07, 6.45) is 3.40. The fraction of sp³-hybridized carbons (Fsp3) is 0. The van der Waals surface area contributed by atoms with E-state index in [0.29, 0.717) is 11.6 Å². The molecule has 2 aromatic heterocycles. The van der Waals surface area contributed by atoms with Gasteiger partial charge in [0, 0.05) is 11.6 Å². The number of anilines is 1. The summed E-state index contributed by atoms with van der Waals surface area (Å²) < 4.78 is 6.77. The Hall–Kier alpha value is -2.63. The number of nitrogens with zero attached hydrogens (tertiary/aromatic N) is 4. The highest BCUT2D eigenvalue weighted by Gasteiger charge is 2.06. The molecule has 6 nitrogen and oxygen atoms in total. The molecule has 0 spiro atoms. The Balaban J connectivity index is 2.05. The molecule has 2 N–H and O–H groups in total. The standard InChI is InChI=1S/C11H9N5O/c12-11-7-10(17-14-11)8-2-1-3-9(6-8)16-5-4-13-15-16/h1-7H,(H2,12,14). The Kier molecular flexibility index (Phi) is 2.11. The van der Waals surface area contributed by atoms with E-state index in [2.05, 4.69) is 15.5 Å². The summed E-state index contributed by atoms with van der Waals surface area (Å²) >= 11 is 0. The Bertz CT molecular complexity index is 629. The van der Waals surface area contributed by atoms with Crippen molar-refractivity contribution in [2.45, 2.75) is 0 Å². The molecule has 0 unspecified atom stereocenters. The van der Waals surface area contributed by atoms with Gasteiger partial charge in [0.05, 0.1) is 18.1 Å². The highest BCUT2D eigenvalue weighted by Crippen LogP contribution is 2.23. The van der Waals surface area contributed by atoms with Gasteiger partial charge in [-0.1, -0.05) is 22.5 Å². The van der Waals surface area contributed by atoms with E-state index in [9.17, 15) is 0 Å². The van der Waals surface area contributed by atoms with Crippen molar-refractivity contribution in [3.63, 3.8) is 0 Å². The van der Waals surface area contributed by atoms with Crippen LogP contribution < -0.4 is 5.73 Å².